The summed E-state index contributed by atoms with van der Waals surface area (Å²) in [5.74, 6) is 0.434. The van der Waals surface area contributed by atoms with Gasteiger partial charge in [-0.15, -0.1) is 0 Å². The average molecular weight is 367 g/mol. The highest BCUT2D eigenvalue weighted by molar-refractivity contribution is 6.33. The van der Waals surface area contributed by atoms with Gasteiger partial charge in [0.1, 0.15) is 11.9 Å². The van der Waals surface area contributed by atoms with Crippen molar-refractivity contribution in [3.8, 4) is 11.5 Å². The van der Waals surface area contributed by atoms with E-state index in [0.29, 0.717) is 29.5 Å². The Morgan fingerprint density at radius 2 is 2.00 bits per heavy atom. The Hall–Kier alpha value is -2.47. The van der Waals surface area contributed by atoms with Crippen LogP contribution in [0.15, 0.2) is 36.4 Å². The minimum atomic E-state index is -0.552. The first-order valence-corrected chi connectivity index (χ1v) is 8.15. The molecule has 25 heavy (non-hydrogen) atoms. The summed E-state index contributed by atoms with van der Waals surface area (Å²) in [5, 5.41) is 5.88. The SMILES string of the molecule is CCOc1ccc(N[C@H](C)C(=O)Nc2ccc(F)cc2Cl)cc1OC. The lowest BCUT2D eigenvalue weighted by Gasteiger charge is -2.17. The monoisotopic (exact) mass is 366 g/mol. The zero-order valence-electron chi connectivity index (χ0n) is 14.2. The van der Waals surface area contributed by atoms with Crippen molar-refractivity contribution in [2.75, 3.05) is 24.4 Å². The van der Waals surface area contributed by atoms with Gasteiger partial charge in [0, 0.05) is 11.8 Å². The maximum absolute atomic E-state index is 13.1. The summed E-state index contributed by atoms with van der Waals surface area (Å²) in [6.45, 7) is 4.12. The molecule has 0 unspecified atom stereocenters. The van der Waals surface area contributed by atoms with E-state index in [2.05, 4.69) is 10.6 Å². The van der Waals surface area contributed by atoms with E-state index in [1.165, 1.54) is 12.1 Å². The van der Waals surface area contributed by atoms with Crippen LogP contribution in [-0.2, 0) is 4.79 Å². The summed E-state index contributed by atoms with van der Waals surface area (Å²) in [6, 6.07) is 8.56. The molecule has 0 spiro atoms. The molecule has 0 saturated carbocycles. The van der Waals surface area contributed by atoms with E-state index < -0.39 is 11.9 Å². The number of benzene rings is 2. The minimum Gasteiger partial charge on any atom is -0.493 e. The number of ether oxygens (including phenoxy) is 2. The van der Waals surface area contributed by atoms with Crippen molar-refractivity contribution < 1.29 is 18.7 Å². The molecule has 0 saturated heterocycles. The van der Waals surface area contributed by atoms with Crippen LogP contribution < -0.4 is 20.1 Å². The summed E-state index contributed by atoms with van der Waals surface area (Å²) in [4.78, 5) is 12.3. The molecule has 0 fully saturated rings. The number of carbonyl (C=O) groups is 1. The van der Waals surface area contributed by atoms with Gasteiger partial charge in [-0.3, -0.25) is 4.79 Å². The molecule has 2 N–H and O–H groups in total. The topological polar surface area (TPSA) is 59.6 Å². The maximum atomic E-state index is 13.1. The molecule has 5 nitrogen and oxygen atoms in total. The van der Waals surface area contributed by atoms with Gasteiger partial charge in [-0.25, -0.2) is 4.39 Å². The highest BCUT2D eigenvalue weighted by Gasteiger charge is 2.15. The molecular weight excluding hydrogens is 347 g/mol. The first-order valence-electron chi connectivity index (χ1n) is 7.78. The smallest absolute Gasteiger partial charge is 0.246 e. The zero-order valence-corrected chi connectivity index (χ0v) is 15.0. The summed E-state index contributed by atoms with van der Waals surface area (Å²) in [7, 11) is 1.55. The van der Waals surface area contributed by atoms with Gasteiger partial charge in [0.15, 0.2) is 11.5 Å². The van der Waals surface area contributed by atoms with Gasteiger partial charge >= 0.3 is 0 Å². The van der Waals surface area contributed by atoms with Gasteiger partial charge in [0.25, 0.3) is 0 Å². The van der Waals surface area contributed by atoms with Crippen LogP contribution in [0.3, 0.4) is 0 Å². The number of carbonyl (C=O) groups excluding carboxylic acids is 1. The Bertz CT molecular complexity index is 755. The lowest BCUT2D eigenvalue weighted by Crippen LogP contribution is -2.32. The van der Waals surface area contributed by atoms with E-state index in [0.717, 1.165) is 6.07 Å². The first kappa shape index (κ1) is 18.9. The van der Waals surface area contributed by atoms with Crippen LogP contribution in [0, 0.1) is 5.82 Å². The van der Waals surface area contributed by atoms with E-state index >= 15 is 0 Å². The van der Waals surface area contributed by atoms with Crippen LogP contribution in [0.2, 0.25) is 5.02 Å². The predicted molar refractivity (Wildman–Crippen MR) is 97.3 cm³/mol. The Balaban J connectivity index is 2.05. The lowest BCUT2D eigenvalue weighted by atomic mass is 10.2. The third kappa shape index (κ3) is 5.00. The van der Waals surface area contributed by atoms with Crippen molar-refractivity contribution in [3.63, 3.8) is 0 Å². The van der Waals surface area contributed by atoms with Crippen molar-refractivity contribution in [1.29, 1.82) is 0 Å². The molecule has 0 radical (unpaired) electrons. The quantitative estimate of drug-likeness (QED) is 0.766. The molecule has 2 aromatic carbocycles. The molecule has 1 atom stereocenters. The minimum absolute atomic E-state index is 0.142. The molecule has 1 amide bonds. The number of halogens is 2. The standard InChI is InChI=1S/C18H20ClFN2O3/c1-4-25-16-8-6-13(10-17(16)24-3)21-11(2)18(23)22-15-7-5-12(20)9-14(15)19/h5-11,21H,4H2,1-3H3,(H,22,23)/t11-/m1/s1. The first-order chi connectivity index (χ1) is 11.9. The molecule has 0 aromatic heterocycles. The number of rotatable bonds is 7. The summed E-state index contributed by atoms with van der Waals surface area (Å²) in [6.07, 6.45) is 0. The summed E-state index contributed by atoms with van der Waals surface area (Å²) in [5.41, 5.74) is 1.05. The second-order valence-corrected chi connectivity index (χ2v) is 5.69. The second-order valence-electron chi connectivity index (χ2n) is 5.28. The fraction of sp³-hybridized carbons (Fsp3) is 0.278. The van der Waals surface area contributed by atoms with E-state index in [1.54, 1.807) is 32.2 Å². The Morgan fingerprint density at radius 1 is 1.24 bits per heavy atom. The number of anilines is 2. The molecular formula is C18H20ClFN2O3. The van der Waals surface area contributed by atoms with Gasteiger partial charge in [-0.2, -0.15) is 0 Å². The Morgan fingerprint density at radius 3 is 2.64 bits per heavy atom. The largest absolute Gasteiger partial charge is 0.493 e. The predicted octanol–water partition coefficient (Wildman–Crippen LogP) is 4.33. The normalized spacial score (nSPS) is 11.6. The number of nitrogens with one attached hydrogen (secondary N) is 2. The van der Waals surface area contributed by atoms with Gasteiger partial charge in [0.2, 0.25) is 5.91 Å². The molecule has 7 heteroatoms. The summed E-state index contributed by atoms with van der Waals surface area (Å²) < 4.78 is 23.8. The van der Waals surface area contributed by atoms with E-state index in [4.69, 9.17) is 21.1 Å². The zero-order chi connectivity index (χ0) is 18.4. The van der Waals surface area contributed by atoms with Crippen LogP contribution >= 0.6 is 11.6 Å². The van der Waals surface area contributed by atoms with Crippen molar-refractivity contribution in [1.82, 2.24) is 0 Å². The van der Waals surface area contributed by atoms with E-state index in [9.17, 15) is 9.18 Å². The van der Waals surface area contributed by atoms with E-state index in [1.807, 2.05) is 6.92 Å². The fourth-order valence-electron chi connectivity index (χ4n) is 2.18. The molecule has 0 bridgehead atoms. The second kappa shape index (κ2) is 8.58. The molecule has 0 aliphatic rings. The van der Waals surface area contributed by atoms with Gasteiger partial charge in [-0.1, -0.05) is 11.6 Å². The van der Waals surface area contributed by atoms with Crippen molar-refractivity contribution >= 4 is 28.9 Å². The van der Waals surface area contributed by atoms with Gasteiger partial charge < -0.3 is 20.1 Å². The van der Waals surface area contributed by atoms with Crippen LogP contribution in [0.5, 0.6) is 11.5 Å². The van der Waals surface area contributed by atoms with E-state index in [-0.39, 0.29) is 10.9 Å². The third-order valence-electron chi connectivity index (χ3n) is 3.43. The van der Waals surface area contributed by atoms with Crippen LogP contribution in [0.4, 0.5) is 15.8 Å². The van der Waals surface area contributed by atoms with Crippen molar-refractivity contribution in [3.05, 3.63) is 47.2 Å². The number of amides is 1. The Kier molecular flexibility index (Phi) is 6.47. The molecule has 2 aromatic rings. The highest BCUT2D eigenvalue weighted by atomic mass is 35.5. The lowest BCUT2D eigenvalue weighted by molar-refractivity contribution is -0.116. The molecule has 134 valence electrons. The third-order valence-corrected chi connectivity index (χ3v) is 3.74. The van der Waals surface area contributed by atoms with Crippen LogP contribution in [-0.4, -0.2) is 25.7 Å². The van der Waals surface area contributed by atoms with Crippen molar-refractivity contribution in [2.45, 2.75) is 19.9 Å². The number of hydrogen-bond acceptors (Lipinski definition) is 4. The van der Waals surface area contributed by atoms with Gasteiger partial charge in [-0.05, 0) is 44.2 Å². The van der Waals surface area contributed by atoms with Gasteiger partial charge in [0.05, 0.1) is 24.4 Å². The molecule has 0 aliphatic heterocycles. The van der Waals surface area contributed by atoms with Crippen molar-refractivity contribution in [2.24, 2.45) is 0 Å². The molecule has 2 rings (SSSR count). The number of methoxy groups -OCH3 is 1. The fourth-order valence-corrected chi connectivity index (χ4v) is 2.39. The van der Waals surface area contributed by atoms with Crippen LogP contribution in [0.1, 0.15) is 13.8 Å². The average Bonchev–Trinajstić information content (AvgIpc) is 2.58. The number of hydrogen-bond donors (Lipinski definition) is 2. The molecule has 0 heterocycles. The highest BCUT2D eigenvalue weighted by Crippen LogP contribution is 2.30. The van der Waals surface area contributed by atoms with Crippen LogP contribution in [0.25, 0.3) is 0 Å². The molecule has 0 aliphatic carbocycles. The summed E-state index contributed by atoms with van der Waals surface area (Å²) >= 11 is 5.92. The Labute approximate surface area is 151 Å². The maximum Gasteiger partial charge on any atom is 0.246 e.